The molecule has 1 aromatic heterocycles. The molecule has 1 aliphatic carbocycles. The van der Waals surface area contributed by atoms with Gasteiger partial charge in [-0.05, 0) is 79.2 Å². The Bertz CT molecular complexity index is 2490. The maximum absolute atomic E-state index is 5.29. The van der Waals surface area contributed by atoms with Crippen LogP contribution in [0, 0.1) is 0 Å². The average Bonchev–Trinajstić information content (AvgIpc) is 3.36. The summed E-state index contributed by atoms with van der Waals surface area (Å²) in [5.74, 6) is 0.722. The molecule has 0 unspecified atom stereocenters. The highest BCUT2D eigenvalue weighted by Crippen LogP contribution is 2.53. The van der Waals surface area contributed by atoms with Crippen molar-refractivity contribution < 1.29 is 0 Å². The molecule has 0 radical (unpaired) electrons. The Labute approximate surface area is 275 Å². The third-order valence-corrected chi connectivity index (χ3v) is 9.86. The van der Waals surface area contributed by atoms with Crippen LogP contribution in [0.2, 0.25) is 0 Å². The Balaban J connectivity index is 1.29. The molecule has 7 aromatic carbocycles. The van der Waals surface area contributed by atoms with Gasteiger partial charge in [0.25, 0.3) is 0 Å². The summed E-state index contributed by atoms with van der Waals surface area (Å²) in [6.07, 6.45) is 0. The van der Waals surface area contributed by atoms with Gasteiger partial charge < -0.3 is 0 Å². The van der Waals surface area contributed by atoms with Crippen LogP contribution in [0.1, 0.15) is 25.0 Å². The van der Waals surface area contributed by atoms with Crippen LogP contribution in [0.3, 0.4) is 0 Å². The third kappa shape index (κ3) is 4.48. The lowest BCUT2D eigenvalue weighted by atomic mass is 9.81. The molecule has 0 bridgehead atoms. The van der Waals surface area contributed by atoms with Crippen molar-refractivity contribution in [2.45, 2.75) is 19.3 Å². The average molecular weight is 601 g/mol. The molecule has 0 saturated carbocycles. The van der Waals surface area contributed by atoms with Gasteiger partial charge in [0, 0.05) is 22.1 Å². The van der Waals surface area contributed by atoms with Crippen molar-refractivity contribution in [1.29, 1.82) is 0 Å². The molecular weight excluding hydrogens is 569 g/mol. The van der Waals surface area contributed by atoms with Crippen molar-refractivity contribution in [3.05, 3.63) is 169 Å². The second kappa shape index (κ2) is 10.6. The van der Waals surface area contributed by atoms with Crippen LogP contribution >= 0.6 is 0 Å². The first-order valence-electron chi connectivity index (χ1n) is 16.3. The first-order chi connectivity index (χ1) is 23.0. The molecule has 0 fully saturated rings. The fourth-order valence-electron chi connectivity index (χ4n) is 7.44. The summed E-state index contributed by atoms with van der Waals surface area (Å²) in [4.78, 5) is 10.5. The zero-order valence-electron chi connectivity index (χ0n) is 26.4. The van der Waals surface area contributed by atoms with E-state index in [-0.39, 0.29) is 5.41 Å². The Morgan fingerprint density at radius 1 is 0.383 bits per heavy atom. The van der Waals surface area contributed by atoms with Gasteiger partial charge in [0.15, 0.2) is 5.82 Å². The fourth-order valence-corrected chi connectivity index (χ4v) is 7.44. The summed E-state index contributed by atoms with van der Waals surface area (Å²) >= 11 is 0. The molecule has 222 valence electrons. The van der Waals surface area contributed by atoms with Crippen molar-refractivity contribution in [3.8, 4) is 56.2 Å². The number of hydrogen-bond acceptors (Lipinski definition) is 2. The van der Waals surface area contributed by atoms with Crippen LogP contribution in [0.5, 0.6) is 0 Å². The van der Waals surface area contributed by atoms with E-state index in [4.69, 9.17) is 9.97 Å². The number of fused-ring (bicyclic) bond motifs is 5. The Morgan fingerprint density at radius 3 is 1.74 bits per heavy atom. The Morgan fingerprint density at radius 2 is 0.979 bits per heavy atom. The normalized spacial score (nSPS) is 13.1. The highest BCUT2D eigenvalue weighted by molar-refractivity contribution is 5.99. The summed E-state index contributed by atoms with van der Waals surface area (Å²) in [6.45, 7) is 4.69. The van der Waals surface area contributed by atoms with E-state index in [2.05, 4.69) is 166 Å². The molecule has 8 aromatic rings. The van der Waals surface area contributed by atoms with E-state index in [0.29, 0.717) is 0 Å². The van der Waals surface area contributed by atoms with Crippen molar-refractivity contribution in [2.24, 2.45) is 0 Å². The van der Waals surface area contributed by atoms with Crippen LogP contribution < -0.4 is 0 Å². The molecule has 0 aliphatic heterocycles. The second-order valence-corrected chi connectivity index (χ2v) is 13.0. The molecule has 1 heterocycles. The van der Waals surface area contributed by atoms with Gasteiger partial charge in [0.05, 0.1) is 11.4 Å². The summed E-state index contributed by atoms with van der Waals surface area (Å²) < 4.78 is 0. The SMILES string of the molecule is CC1(C)c2cc3ccccc3cc2-c2c(-c3cc(-c4ccccc4-c4ccc5ccccc5c4)nc(-c4ccccc4)n3)cccc21. The minimum atomic E-state index is -0.133. The molecular formula is C45H32N2. The van der Waals surface area contributed by atoms with Crippen LogP contribution in [0.15, 0.2) is 158 Å². The van der Waals surface area contributed by atoms with E-state index in [1.54, 1.807) is 0 Å². The van der Waals surface area contributed by atoms with Gasteiger partial charge >= 0.3 is 0 Å². The van der Waals surface area contributed by atoms with E-state index in [0.717, 1.165) is 39.5 Å². The predicted molar refractivity (Wildman–Crippen MR) is 196 cm³/mol. The van der Waals surface area contributed by atoms with E-state index < -0.39 is 0 Å². The quantitative estimate of drug-likeness (QED) is 0.201. The van der Waals surface area contributed by atoms with E-state index in [1.807, 2.05) is 6.07 Å². The second-order valence-electron chi connectivity index (χ2n) is 13.0. The number of benzene rings is 7. The molecule has 2 nitrogen and oxygen atoms in total. The van der Waals surface area contributed by atoms with E-state index in [9.17, 15) is 0 Å². The molecule has 2 heteroatoms. The predicted octanol–water partition coefficient (Wildman–Crippen LogP) is 11.8. The first-order valence-corrected chi connectivity index (χ1v) is 16.3. The van der Waals surface area contributed by atoms with E-state index in [1.165, 1.54) is 49.4 Å². The molecule has 0 atom stereocenters. The summed E-state index contributed by atoms with van der Waals surface area (Å²) in [5, 5.41) is 4.98. The lowest BCUT2D eigenvalue weighted by Crippen LogP contribution is -2.14. The van der Waals surface area contributed by atoms with Crippen LogP contribution in [-0.4, -0.2) is 9.97 Å². The molecule has 0 N–H and O–H groups in total. The Hall–Kier alpha value is -5.86. The molecule has 0 spiro atoms. The highest BCUT2D eigenvalue weighted by atomic mass is 14.9. The van der Waals surface area contributed by atoms with E-state index >= 15 is 0 Å². The summed E-state index contributed by atoms with van der Waals surface area (Å²) in [6, 6.07) is 56.5. The maximum atomic E-state index is 5.29. The molecule has 1 aliphatic rings. The highest BCUT2D eigenvalue weighted by Gasteiger charge is 2.37. The van der Waals surface area contributed by atoms with Crippen molar-refractivity contribution >= 4 is 21.5 Å². The van der Waals surface area contributed by atoms with Crippen LogP contribution in [0.25, 0.3) is 77.7 Å². The molecule has 0 saturated heterocycles. The first kappa shape index (κ1) is 27.5. The smallest absolute Gasteiger partial charge is 0.160 e. The van der Waals surface area contributed by atoms with Crippen molar-refractivity contribution in [3.63, 3.8) is 0 Å². The minimum absolute atomic E-state index is 0.133. The topological polar surface area (TPSA) is 25.8 Å². The molecule has 0 amide bonds. The van der Waals surface area contributed by atoms with Crippen molar-refractivity contribution in [1.82, 2.24) is 9.97 Å². The van der Waals surface area contributed by atoms with Gasteiger partial charge in [-0.2, -0.15) is 0 Å². The number of hydrogen-bond donors (Lipinski definition) is 0. The van der Waals surface area contributed by atoms with Gasteiger partial charge in [-0.25, -0.2) is 9.97 Å². The Kier molecular flexibility index (Phi) is 6.20. The van der Waals surface area contributed by atoms with Gasteiger partial charge in [0.1, 0.15) is 0 Å². The summed E-state index contributed by atoms with van der Waals surface area (Å²) in [5.41, 5.74) is 12.5. The van der Waals surface area contributed by atoms with Crippen LogP contribution in [-0.2, 0) is 5.41 Å². The lowest BCUT2D eigenvalue weighted by molar-refractivity contribution is 0.661. The minimum Gasteiger partial charge on any atom is -0.228 e. The van der Waals surface area contributed by atoms with Gasteiger partial charge in [-0.3, -0.25) is 0 Å². The largest absolute Gasteiger partial charge is 0.228 e. The monoisotopic (exact) mass is 600 g/mol. The summed E-state index contributed by atoms with van der Waals surface area (Å²) in [7, 11) is 0. The van der Waals surface area contributed by atoms with Gasteiger partial charge in [0.2, 0.25) is 0 Å². The van der Waals surface area contributed by atoms with Crippen molar-refractivity contribution in [2.75, 3.05) is 0 Å². The molecule has 9 rings (SSSR count). The number of aromatic nitrogens is 2. The number of nitrogens with zero attached hydrogens (tertiary/aromatic N) is 2. The van der Waals surface area contributed by atoms with Gasteiger partial charge in [-0.15, -0.1) is 0 Å². The zero-order valence-corrected chi connectivity index (χ0v) is 26.4. The lowest BCUT2D eigenvalue weighted by Gasteiger charge is -2.22. The van der Waals surface area contributed by atoms with Gasteiger partial charge in [-0.1, -0.05) is 147 Å². The third-order valence-electron chi connectivity index (χ3n) is 9.86. The standard InChI is InChI=1S/C45H32N2/c1-45(2)39-22-12-21-37(43(39)38-26-32-17-8-9-18-33(32)27-40(38)45)42-28-41(46-44(47-42)30-14-4-3-5-15-30)36-20-11-10-19-35(36)34-24-23-29-13-6-7-16-31(29)25-34/h3-28H,1-2H3. The maximum Gasteiger partial charge on any atom is 0.160 e. The fraction of sp³-hybridized carbons (Fsp3) is 0.0667. The van der Waals surface area contributed by atoms with Crippen LogP contribution in [0.4, 0.5) is 0 Å². The number of rotatable bonds is 4. The molecule has 47 heavy (non-hydrogen) atoms. The zero-order chi connectivity index (χ0) is 31.5.